The first-order valence-electron chi connectivity index (χ1n) is 6.54. The summed E-state index contributed by atoms with van der Waals surface area (Å²) in [5.41, 5.74) is 1.30. The quantitative estimate of drug-likeness (QED) is 0.807. The minimum atomic E-state index is -0.763. The van der Waals surface area contributed by atoms with Crippen LogP contribution >= 0.6 is 0 Å². The molecule has 0 saturated heterocycles. The van der Waals surface area contributed by atoms with Crippen LogP contribution in [-0.2, 0) is 4.79 Å². The van der Waals surface area contributed by atoms with Crippen molar-refractivity contribution < 1.29 is 9.90 Å². The van der Waals surface area contributed by atoms with E-state index in [9.17, 15) is 4.79 Å². The van der Waals surface area contributed by atoms with E-state index in [4.69, 9.17) is 5.11 Å². The average Bonchev–Trinajstić information content (AvgIpc) is 2.38. The number of carboxylic acids is 1. The van der Waals surface area contributed by atoms with Gasteiger partial charge >= 0.3 is 5.97 Å². The van der Waals surface area contributed by atoms with Gasteiger partial charge < -0.3 is 5.11 Å². The molecule has 0 saturated carbocycles. The monoisotopic (exact) mass is 249 g/mol. The summed E-state index contributed by atoms with van der Waals surface area (Å²) < 4.78 is 0. The maximum absolute atomic E-state index is 11.0. The number of hydrogen-bond donors (Lipinski definition) is 1. The van der Waals surface area contributed by atoms with E-state index in [1.54, 1.807) is 6.92 Å². The fourth-order valence-electron chi connectivity index (χ4n) is 2.13. The van der Waals surface area contributed by atoms with Crippen LogP contribution in [-0.4, -0.2) is 35.6 Å². The Balaban J connectivity index is 2.72. The molecule has 3 heteroatoms. The third-order valence-electron chi connectivity index (χ3n) is 3.44. The SMILES string of the molecule is CCCC(CN(C)C(C)C(=O)O)c1ccccc1. The molecule has 0 aromatic heterocycles. The average molecular weight is 249 g/mol. The van der Waals surface area contributed by atoms with Crippen molar-refractivity contribution in [3.8, 4) is 0 Å². The molecule has 2 unspecified atom stereocenters. The Bertz CT molecular complexity index is 364. The molecule has 1 rings (SSSR count). The number of aliphatic carboxylic acids is 1. The standard InChI is InChI=1S/C15H23NO2/c1-4-8-14(13-9-6-5-7-10-13)11-16(3)12(2)15(17)18/h5-7,9-10,12,14H,4,8,11H2,1-3H3,(H,17,18). The maximum atomic E-state index is 11.0. The first kappa shape index (κ1) is 14.7. The van der Waals surface area contributed by atoms with Gasteiger partial charge in [0.05, 0.1) is 0 Å². The molecule has 18 heavy (non-hydrogen) atoms. The Hall–Kier alpha value is -1.35. The van der Waals surface area contributed by atoms with E-state index in [0.717, 1.165) is 19.4 Å². The summed E-state index contributed by atoms with van der Waals surface area (Å²) in [4.78, 5) is 12.9. The predicted molar refractivity (Wildman–Crippen MR) is 73.8 cm³/mol. The second-order valence-corrected chi connectivity index (χ2v) is 4.85. The van der Waals surface area contributed by atoms with Crippen LogP contribution in [0.3, 0.4) is 0 Å². The molecule has 1 aromatic carbocycles. The van der Waals surface area contributed by atoms with E-state index in [2.05, 4.69) is 19.1 Å². The van der Waals surface area contributed by atoms with Crippen LogP contribution in [0.5, 0.6) is 0 Å². The van der Waals surface area contributed by atoms with Crippen LogP contribution in [0.1, 0.15) is 38.2 Å². The molecule has 3 nitrogen and oxygen atoms in total. The minimum absolute atomic E-state index is 0.406. The Morgan fingerprint density at radius 2 is 1.94 bits per heavy atom. The molecule has 1 N–H and O–H groups in total. The van der Waals surface area contributed by atoms with Crippen LogP contribution in [0.4, 0.5) is 0 Å². The van der Waals surface area contributed by atoms with Crippen LogP contribution in [0, 0.1) is 0 Å². The van der Waals surface area contributed by atoms with Crippen molar-refractivity contribution >= 4 is 5.97 Å². The van der Waals surface area contributed by atoms with Gasteiger partial charge in [-0.05, 0) is 31.9 Å². The Morgan fingerprint density at radius 1 is 1.33 bits per heavy atom. The zero-order valence-electron chi connectivity index (χ0n) is 11.5. The first-order chi connectivity index (χ1) is 8.56. The molecule has 0 spiro atoms. The van der Waals surface area contributed by atoms with Gasteiger partial charge in [-0.1, -0.05) is 43.7 Å². The van der Waals surface area contributed by atoms with E-state index in [1.807, 2.05) is 30.1 Å². The lowest BCUT2D eigenvalue weighted by atomic mass is 9.93. The number of nitrogens with zero attached hydrogens (tertiary/aromatic N) is 1. The molecule has 100 valence electrons. The van der Waals surface area contributed by atoms with Gasteiger partial charge in [0, 0.05) is 6.54 Å². The van der Waals surface area contributed by atoms with E-state index >= 15 is 0 Å². The van der Waals surface area contributed by atoms with Crippen molar-refractivity contribution in [2.45, 2.75) is 38.6 Å². The van der Waals surface area contributed by atoms with Crippen molar-refractivity contribution in [3.63, 3.8) is 0 Å². The fraction of sp³-hybridized carbons (Fsp3) is 0.533. The summed E-state index contributed by atoms with van der Waals surface area (Å²) in [7, 11) is 1.88. The third kappa shape index (κ3) is 4.15. The van der Waals surface area contributed by atoms with Gasteiger partial charge in [0.15, 0.2) is 0 Å². The largest absolute Gasteiger partial charge is 0.480 e. The van der Waals surface area contributed by atoms with Crippen LogP contribution in [0.25, 0.3) is 0 Å². The van der Waals surface area contributed by atoms with Crippen molar-refractivity contribution in [3.05, 3.63) is 35.9 Å². The molecule has 1 aromatic rings. The number of carboxylic acid groups (broad SMARTS) is 1. The zero-order valence-corrected chi connectivity index (χ0v) is 11.5. The second-order valence-electron chi connectivity index (χ2n) is 4.85. The lowest BCUT2D eigenvalue weighted by Crippen LogP contribution is -2.38. The number of carbonyl (C=O) groups is 1. The number of benzene rings is 1. The van der Waals surface area contributed by atoms with Gasteiger partial charge in [0.1, 0.15) is 6.04 Å². The van der Waals surface area contributed by atoms with Crippen molar-refractivity contribution in [2.75, 3.05) is 13.6 Å². The Labute approximate surface area is 109 Å². The van der Waals surface area contributed by atoms with Gasteiger partial charge in [-0.15, -0.1) is 0 Å². The van der Waals surface area contributed by atoms with Crippen molar-refractivity contribution in [1.82, 2.24) is 4.90 Å². The molecule has 0 heterocycles. The maximum Gasteiger partial charge on any atom is 0.320 e. The zero-order chi connectivity index (χ0) is 13.5. The molecule has 0 radical (unpaired) electrons. The van der Waals surface area contributed by atoms with Crippen LogP contribution in [0.2, 0.25) is 0 Å². The summed E-state index contributed by atoms with van der Waals surface area (Å²) in [5.74, 6) is -0.358. The fourth-order valence-corrected chi connectivity index (χ4v) is 2.13. The highest BCUT2D eigenvalue weighted by Crippen LogP contribution is 2.22. The van der Waals surface area contributed by atoms with Crippen LogP contribution in [0.15, 0.2) is 30.3 Å². The second kappa shape index (κ2) is 7.17. The highest BCUT2D eigenvalue weighted by Gasteiger charge is 2.20. The number of rotatable bonds is 7. The lowest BCUT2D eigenvalue weighted by molar-refractivity contribution is -0.142. The van der Waals surface area contributed by atoms with E-state index in [-0.39, 0.29) is 0 Å². The van der Waals surface area contributed by atoms with Crippen molar-refractivity contribution in [2.24, 2.45) is 0 Å². The molecule has 0 aliphatic heterocycles. The van der Waals surface area contributed by atoms with Gasteiger partial charge in [-0.25, -0.2) is 0 Å². The van der Waals surface area contributed by atoms with Gasteiger partial charge in [0.2, 0.25) is 0 Å². The highest BCUT2D eigenvalue weighted by atomic mass is 16.4. The lowest BCUT2D eigenvalue weighted by Gasteiger charge is -2.27. The molecule has 2 atom stereocenters. The Kier molecular flexibility index (Phi) is 5.86. The molecule has 0 aliphatic rings. The topological polar surface area (TPSA) is 40.5 Å². The summed E-state index contributed by atoms with van der Waals surface area (Å²) in [6.45, 7) is 4.68. The van der Waals surface area contributed by atoms with Gasteiger partial charge in [0.25, 0.3) is 0 Å². The molecular formula is C15H23NO2. The summed E-state index contributed by atoms with van der Waals surface area (Å²) in [6.07, 6.45) is 2.19. The summed E-state index contributed by atoms with van der Waals surface area (Å²) in [6, 6.07) is 9.90. The van der Waals surface area contributed by atoms with Crippen molar-refractivity contribution in [1.29, 1.82) is 0 Å². The van der Waals surface area contributed by atoms with E-state index in [0.29, 0.717) is 5.92 Å². The first-order valence-corrected chi connectivity index (χ1v) is 6.54. The van der Waals surface area contributed by atoms with Gasteiger partial charge in [-0.2, -0.15) is 0 Å². The smallest absolute Gasteiger partial charge is 0.320 e. The predicted octanol–water partition coefficient (Wildman–Crippen LogP) is 2.98. The minimum Gasteiger partial charge on any atom is -0.480 e. The molecular weight excluding hydrogens is 226 g/mol. The third-order valence-corrected chi connectivity index (χ3v) is 3.44. The van der Waals surface area contributed by atoms with Crippen LogP contribution < -0.4 is 0 Å². The van der Waals surface area contributed by atoms with E-state index in [1.165, 1.54) is 5.56 Å². The normalized spacial score (nSPS) is 14.4. The van der Waals surface area contributed by atoms with E-state index < -0.39 is 12.0 Å². The molecule has 0 amide bonds. The summed E-state index contributed by atoms with van der Waals surface area (Å²) in [5, 5.41) is 9.02. The number of hydrogen-bond acceptors (Lipinski definition) is 2. The summed E-state index contributed by atoms with van der Waals surface area (Å²) >= 11 is 0. The molecule has 0 bridgehead atoms. The van der Waals surface area contributed by atoms with Gasteiger partial charge in [-0.3, -0.25) is 9.69 Å². The molecule has 0 aliphatic carbocycles. The number of likely N-dealkylation sites (N-methyl/N-ethyl adjacent to an activating group) is 1. The molecule has 0 fully saturated rings. The Morgan fingerprint density at radius 3 is 2.44 bits per heavy atom. The highest BCUT2D eigenvalue weighted by molar-refractivity contribution is 5.72.